The van der Waals surface area contributed by atoms with Crippen LogP contribution in [-0.2, 0) is 19.4 Å². The van der Waals surface area contributed by atoms with Gasteiger partial charge in [0.05, 0.1) is 0 Å². The molecular weight excluding hydrogens is 492 g/mol. The van der Waals surface area contributed by atoms with Crippen LogP contribution >= 0.6 is 0 Å². The normalized spacial score (nSPS) is 19.9. The first kappa shape index (κ1) is 26.8. The molecule has 1 atom stereocenters. The van der Waals surface area contributed by atoms with Gasteiger partial charge in [0, 0.05) is 49.3 Å². The van der Waals surface area contributed by atoms with E-state index in [1.807, 2.05) is 36.7 Å². The lowest BCUT2D eigenvalue weighted by molar-refractivity contribution is 0.0909. The van der Waals surface area contributed by atoms with E-state index in [4.69, 9.17) is 5.73 Å². The quantitative estimate of drug-likeness (QED) is 0.336. The van der Waals surface area contributed by atoms with Crippen LogP contribution in [0.1, 0.15) is 84.0 Å². The first-order chi connectivity index (χ1) is 19.6. The van der Waals surface area contributed by atoms with E-state index in [1.165, 1.54) is 54.4 Å². The molecule has 2 aromatic carbocycles. The van der Waals surface area contributed by atoms with E-state index in [9.17, 15) is 4.79 Å². The fraction of sp³-hybridized carbons (Fsp3) is 0.429. The van der Waals surface area contributed by atoms with Gasteiger partial charge in [-0.1, -0.05) is 29.8 Å². The van der Waals surface area contributed by atoms with Gasteiger partial charge in [0.2, 0.25) is 0 Å². The van der Waals surface area contributed by atoms with Crippen molar-refractivity contribution in [3.63, 3.8) is 0 Å². The molecule has 208 valence electrons. The third-order valence-electron chi connectivity index (χ3n) is 9.28. The highest BCUT2D eigenvalue weighted by Crippen LogP contribution is 2.42. The first-order valence-electron chi connectivity index (χ1n) is 15.2. The minimum absolute atomic E-state index is 0.0780. The first-order valence-corrected chi connectivity index (χ1v) is 15.2. The van der Waals surface area contributed by atoms with E-state index < -0.39 is 0 Å². The van der Waals surface area contributed by atoms with Gasteiger partial charge in [-0.2, -0.15) is 0 Å². The summed E-state index contributed by atoms with van der Waals surface area (Å²) in [5, 5.41) is 3.36. The van der Waals surface area contributed by atoms with Crippen molar-refractivity contribution in [1.82, 2.24) is 15.2 Å². The van der Waals surface area contributed by atoms with E-state index in [0.29, 0.717) is 5.92 Å². The molecule has 1 amide bonds. The molecule has 0 saturated carbocycles. The molecule has 3 aliphatic rings. The zero-order chi connectivity index (χ0) is 27.3. The number of carbonyl (C=O) groups is 1. The van der Waals surface area contributed by atoms with Crippen molar-refractivity contribution >= 4 is 17.2 Å². The number of nitrogen functional groups attached to an aromatic ring is 1. The van der Waals surface area contributed by atoms with Crippen LogP contribution in [0.25, 0.3) is 5.57 Å². The van der Waals surface area contributed by atoms with Crippen LogP contribution < -0.4 is 11.1 Å². The van der Waals surface area contributed by atoms with Crippen LogP contribution in [0.3, 0.4) is 0 Å². The van der Waals surface area contributed by atoms with Crippen molar-refractivity contribution in [2.45, 2.75) is 76.8 Å². The molecule has 1 unspecified atom stereocenters. The zero-order valence-electron chi connectivity index (χ0n) is 23.6. The maximum atomic E-state index is 13.4. The Morgan fingerprint density at radius 1 is 0.975 bits per heavy atom. The highest BCUT2D eigenvalue weighted by Gasteiger charge is 2.26. The van der Waals surface area contributed by atoms with Crippen LogP contribution in [-0.4, -0.2) is 34.9 Å². The Hall–Kier alpha value is -3.44. The SMILES string of the molecule is Nc1ccc(CN2CCC(NC(=O)c3ccc4c(c3)C3=C(CCCC(CCc5cccnc5)C3)CC4)CC2)cc1. The van der Waals surface area contributed by atoms with Gasteiger partial charge in [-0.05, 0) is 128 Å². The number of aryl methyl sites for hydroxylation is 2. The molecule has 5 heteroatoms. The van der Waals surface area contributed by atoms with Crippen LogP contribution in [0.15, 0.2) is 72.6 Å². The number of fused-ring (bicyclic) bond motifs is 2. The summed E-state index contributed by atoms with van der Waals surface area (Å²) in [5.41, 5.74) is 16.0. The molecule has 2 heterocycles. The Bertz CT molecular complexity index is 1340. The molecule has 1 saturated heterocycles. The van der Waals surface area contributed by atoms with Gasteiger partial charge >= 0.3 is 0 Å². The smallest absolute Gasteiger partial charge is 0.251 e. The number of nitrogens with one attached hydrogen (secondary N) is 1. The summed E-state index contributed by atoms with van der Waals surface area (Å²) >= 11 is 0. The van der Waals surface area contributed by atoms with Gasteiger partial charge in [-0.3, -0.25) is 14.7 Å². The second kappa shape index (κ2) is 12.4. The highest BCUT2D eigenvalue weighted by atomic mass is 16.1. The molecule has 1 fully saturated rings. The summed E-state index contributed by atoms with van der Waals surface area (Å²) in [5.74, 6) is 0.767. The molecule has 6 rings (SSSR count). The van der Waals surface area contributed by atoms with Crippen molar-refractivity contribution in [3.8, 4) is 0 Å². The molecule has 1 aliphatic heterocycles. The number of piperidine rings is 1. The number of anilines is 1. The van der Waals surface area contributed by atoms with Gasteiger partial charge in [0.15, 0.2) is 0 Å². The van der Waals surface area contributed by atoms with Gasteiger partial charge in [-0.25, -0.2) is 0 Å². The maximum absolute atomic E-state index is 13.4. The summed E-state index contributed by atoms with van der Waals surface area (Å²) in [7, 11) is 0. The van der Waals surface area contributed by atoms with Crippen molar-refractivity contribution in [2.75, 3.05) is 18.8 Å². The fourth-order valence-electron chi connectivity index (χ4n) is 6.92. The Labute approximate surface area is 238 Å². The predicted octanol–water partition coefficient (Wildman–Crippen LogP) is 6.58. The molecule has 1 aromatic heterocycles. The summed E-state index contributed by atoms with van der Waals surface area (Å²) in [6.45, 7) is 2.93. The van der Waals surface area contributed by atoms with E-state index in [2.05, 4.69) is 45.5 Å². The summed E-state index contributed by atoms with van der Waals surface area (Å²) in [6, 6.07) is 19.1. The Balaban J connectivity index is 1.08. The Kier molecular flexibility index (Phi) is 8.29. The number of carbonyl (C=O) groups excluding carboxylic acids is 1. The second-order valence-corrected chi connectivity index (χ2v) is 12.1. The number of nitrogens with zero attached hydrogens (tertiary/aromatic N) is 2. The number of amides is 1. The number of rotatable bonds is 7. The van der Waals surface area contributed by atoms with Gasteiger partial charge < -0.3 is 11.1 Å². The number of likely N-dealkylation sites (tertiary alicyclic amines) is 1. The molecule has 0 bridgehead atoms. The lowest BCUT2D eigenvalue weighted by Gasteiger charge is -2.32. The van der Waals surface area contributed by atoms with E-state index in [0.717, 1.165) is 63.0 Å². The third-order valence-corrected chi connectivity index (χ3v) is 9.28. The van der Waals surface area contributed by atoms with Crippen LogP contribution in [0.2, 0.25) is 0 Å². The number of allylic oxidation sites excluding steroid dienone is 2. The van der Waals surface area contributed by atoms with E-state index in [-0.39, 0.29) is 11.9 Å². The average Bonchev–Trinajstić information content (AvgIpc) is 3.21. The number of pyridine rings is 1. The lowest BCUT2D eigenvalue weighted by atomic mass is 9.80. The minimum Gasteiger partial charge on any atom is -0.399 e. The summed E-state index contributed by atoms with van der Waals surface area (Å²) in [4.78, 5) is 20.2. The van der Waals surface area contributed by atoms with Crippen LogP contribution in [0, 0.1) is 5.92 Å². The molecule has 3 N–H and O–H groups in total. The van der Waals surface area contributed by atoms with E-state index in [1.54, 1.807) is 11.1 Å². The van der Waals surface area contributed by atoms with Crippen molar-refractivity contribution < 1.29 is 4.79 Å². The highest BCUT2D eigenvalue weighted by molar-refractivity contribution is 5.95. The van der Waals surface area contributed by atoms with Crippen molar-refractivity contribution in [2.24, 2.45) is 5.92 Å². The molecule has 5 nitrogen and oxygen atoms in total. The van der Waals surface area contributed by atoms with Gasteiger partial charge in [-0.15, -0.1) is 0 Å². The van der Waals surface area contributed by atoms with Crippen molar-refractivity contribution in [1.29, 1.82) is 0 Å². The molecular formula is C35H42N4O. The standard InChI is InChI=1S/C35H42N4O/c36-31-14-8-27(9-15-31)24-39-19-16-32(17-20-39)38-35(40)30-13-12-29-11-10-28-5-1-3-25(21-33(28)34(29)22-30)6-7-26-4-2-18-37-23-26/h2,4,8-9,12-15,18,22-23,25,32H,1,3,5-7,10-11,16-17,19-21,24,36H2,(H,38,40). The summed E-state index contributed by atoms with van der Waals surface area (Å²) < 4.78 is 0. The number of hydrogen-bond donors (Lipinski definition) is 2. The lowest BCUT2D eigenvalue weighted by Crippen LogP contribution is -2.44. The predicted molar refractivity (Wildman–Crippen MR) is 163 cm³/mol. The number of nitrogens with two attached hydrogens (primary N) is 1. The molecule has 3 aromatic rings. The number of hydrogen-bond acceptors (Lipinski definition) is 4. The zero-order valence-corrected chi connectivity index (χ0v) is 23.6. The second-order valence-electron chi connectivity index (χ2n) is 12.1. The third kappa shape index (κ3) is 6.47. The molecule has 0 spiro atoms. The van der Waals surface area contributed by atoms with Crippen LogP contribution in [0.5, 0.6) is 0 Å². The number of benzene rings is 2. The number of aromatic nitrogens is 1. The largest absolute Gasteiger partial charge is 0.399 e. The van der Waals surface area contributed by atoms with Gasteiger partial charge in [0.1, 0.15) is 0 Å². The van der Waals surface area contributed by atoms with Crippen molar-refractivity contribution in [3.05, 3.63) is 100 Å². The Morgan fingerprint density at radius 2 is 1.82 bits per heavy atom. The Morgan fingerprint density at radius 3 is 2.62 bits per heavy atom. The molecule has 2 aliphatic carbocycles. The minimum atomic E-state index is 0.0780. The monoisotopic (exact) mass is 534 g/mol. The van der Waals surface area contributed by atoms with E-state index >= 15 is 0 Å². The van der Waals surface area contributed by atoms with Crippen LogP contribution in [0.4, 0.5) is 5.69 Å². The molecule has 40 heavy (non-hydrogen) atoms. The summed E-state index contributed by atoms with van der Waals surface area (Å²) in [6.07, 6.45) is 15.3. The van der Waals surface area contributed by atoms with Gasteiger partial charge in [0.25, 0.3) is 5.91 Å². The molecule has 0 radical (unpaired) electrons. The average molecular weight is 535 g/mol. The fourth-order valence-corrected chi connectivity index (χ4v) is 6.92. The topological polar surface area (TPSA) is 71.2 Å². The maximum Gasteiger partial charge on any atom is 0.251 e.